The van der Waals surface area contributed by atoms with Gasteiger partial charge in [-0.1, -0.05) is 18.2 Å². The number of anilines is 1. The third-order valence-corrected chi connectivity index (χ3v) is 4.76. The first-order valence-electron chi connectivity index (χ1n) is 7.03. The average molecular weight is 316 g/mol. The second kappa shape index (κ2) is 5.81. The van der Waals surface area contributed by atoms with Gasteiger partial charge < -0.3 is 5.32 Å². The molecule has 2 N–H and O–H groups in total. The van der Waals surface area contributed by atoms with Crippen LogP contribution in [0.15, 0.2) is 59.5 Å². The van der Waals surface area contributed by atoms with Gasteiger partial charge in [-0.15, -0.1) is 0 Å². The van der Waals surface area contributed by atoms with E-state index in [1.807, 2.05) is 6.07 Å². The summed E-state index contributed by atoms with van der Waals surface area (Å²) in [5.41, 5.74) is 0.962. The minimum Gasteiger partial charge on any atom is -0.349 e. The average Bonchev–Trinajstić information content (AvgIpc) is 3.32. The van der Waals surface area contributed by atoms with E-state index in [0.29, 0.717) is 11.3 Å². The van der Waals surface area contributed by atoms with Crippen molar-refractivity contribution in [3.63, 3.8) is 0 Å². The van der Waals surface area contributed by atoms with Gasteiger partial charge in [-0.05, 0) is 49.2 Å². The molecular weight excluding hydrogens is 300 g/mol. The van der Waals surface area contributed by atoms with Crippen molar-refractivity contribution in [2.75, 3.05) is 4.72 Å². The first-order chi connectivity index (χ1) is 10.5. The van der Waals surface area contributed by atoms with E-state index >= 15 is 0 Å². The van der Waals surface area contributed by atoms with Gasteiger partial charge in [-0.2, -0.15) is 0 Å². The van der Waals surface area contributed by atoms with Crippen LogP contribution in [0.2, 0.25) is 0 Å². The van der Waals surface area contributed by atoms with Gasteiger partial charge in [-0.3, -0.25) is 9.52 Å². The van der Waals surface area contributed by atoms with Crippen molar-refractivity contribution in [1.29, 1.82) is 0 Å². The number of sulfonamides is 1. The quantitative estimate of drug-likeness (QED) is 0.889. The van der Waals surface area contributed by atoms with Gasteiger partial charge in [0.1, 0.15) is 0 Å². The molecule has 0 aliphatic heterocycles. The molecule has 0 aromatic heterocycles. The van der Waals surface area contributed by atoms with Gasteiger partial charge >= 0.3 is 0 Å². The van der Waals surface area contributed by atoms with Crippen molar-refractivity contribution in [1.82, 2.24) is 5.32 Å². The monoisotopic (exact) mass is 316 g/mol. The first-order valence-corrected chi connectivity index (χ1v) is 8.52. The zero-order chi connectivity index (χ0) is 15.6. The summed E-state index contributed by atoms with van der Waals surface area (Å²) in [6.07, 6.45) is 2.03. The lowest BCUT2D eigenvalue weighted by Gasteiger charge is -2.09. The standard InChI is InChI=1S/C16H16N2O3S/c19-16(17-13-8-9-13)12-6-10-15(11-7-12)22(20,21)18-14-4-2-1-3-5-14/h1-7,10-11,13,18H,8-9H2,(H,17,19). The van der Waals surface area contributed by atoms with Gasteiger partial charge in [0.2, 0.25) is 0 Å². The maximum atomic E-state index is 12.3. The van der Waals surface area contributed by atoms with Crippen molar-refractivity contribution in [2.45, 2.75) is 23.8 Å². The molecule has 0 heterocycles. The molecule has 6 heteroatoms. The van der Waals surface area contributed by atoms with Crippen molar-refractivity contribution < 1.29 is 13.2 Å². The normalized spacial score (nSPS) is 14.4. The highest BCUT2D eigenvalue weighted by molar-refractivity contribution is 7.92. The van der Waals surface area contributed by atoms with Crippen LogP contribution < -0.4 is 10.0 Å². The number of amides is 1. The fourth-order valence-electron chi connectivity index (χ4n) is 2.00. The maximum absolute atomic E-state index is 12.3. The summed E-state index contributed by atoms with van der Waals surface area (Å²) in [6.45, 7) is 0. The Balaban J connectivity index is 1.75. The first kappa shape index (κ1) is 14.6. The lowest BCUT2D eigenvalue weighted by molar-refractivity contribution is 0.0951. The number of carbonyl (C=O) groups excluding carboxylic acids is 1. The van der Waals surface area contributed by atoms with Crippen LogP contribution in [0.5, 0.6) is 0 Å². The van der Waals surface area contributed by atoms with Crippen LogP contribution in [0.4, 0.5) is 5.69 Å². The molecule has 1 saturated carbocycles. The summed E-state index contributed by atoms with van der Waals surface area (Å²) in [6, 6.07) is 14.9. The summed E-state index contributed by atoms with van der Waals surface area (Å²) >= 11 is 0. The summed E-state index contributed by atoms with van der Waals surface area (Å²) in [5.74, 6) is -0.164. The summed E-state index contributed by atoms with van der Waals surface area (Å²) in [7, 11) is -3.65. The Morgan fingerprint density at radius 2 is 1.59 bits per heavy atom. The Labute approximate surface area is 129 Å². The summed E-state index contributed by atoms with van der Waals surface area (Å²) < 4.78 is 27.0. The van der Waals surface area contributed by atoms with Crippen LogP contribution in [0.25, 0.3) is 0 Å². The molecule has 0 spiro atoms. The van der Waals surface area contributed by atoms with Crippen molar-refractivity contribution in [3.05, 3.63) is 60.2 Å². The highest BCUT2D eigenvalue weighted by atomic mass is 32.2. The molecular formula is C16H16N2O3S. The zero-order valence-corrected chi connectivity index (χ0v) is 12.6. The van der Waals surface area contributed by atoms with Crippen molar-refractivity contribution in [3.8, 4) is 0 Å². The van der Waals surface area contributed by atoms with Gasteiger partial charge in [0.25, 0.3) is 15.9 Å². The van der Waals surface area contributed by atoms with Crippen LogP contribution in [0.1, 0.15) is 23.2 Å². The van der Waals surface area contributed by atoms with Crippen LogP contribution in [0.3, 0.4) is 0 Å². The highest BCUT2D eigenvalue weighted by Crippen LogP contribution is 2.20. The number of benzene rings is 2. The minimum atomic E-state index is -3.65. The minimum absolute atomic E-state index is 0.124. The van der Waals surface area contributed by atoms with E-state index in [-0.39, 0.29) is 16.8 Å². The van der Waals surface area contributed by atoms with E-state index in [1.54, 1.807) is 24.3 Å². The van der Waals surface area contributed by atoms with Crippen LogP contribution in [-0.2, 0) is 10.0 Å². The fraction of sp³-hybridized carbons (Fsp3) is 0.188. The second-order valence-corrected chi connectivity index (χ2v) is 6.93. The predicted molar refractivity (Wildman–Crippen MR) is 84.2 cm³/mol. The van der Waals surface area contributed by atoms with Crippen LogP contribution in [-0.4, -0.2) is 20.4 Å². The van der Waals surface area contributed by atoms with E-state index in [9.17, 15) is 13.2 Å². The van der Waals surface area contributed by atoms with E-state index in [1.165, 1.54) is 24.3 Å². The van der Waals surface area contributed by atoms with Crippen molar-refractivity contribution >= 4 is 21.6 Å². The fourth-order valence-corrected chi connectivity index (χ4v) is 3.06. The molecule has 1 aliphatic carbocycles. The molecule has 2 aromatic rings. The Morgan fingerprint density at radius 3 is 2.18 bits per heavy atom. The van der Waals surface area contributed by atoms with E-state index < -0.39 is 10.0 Å². The van der Waals surface area contributed by atoms with E-state index in [0.717, 1.165) is 12.8 Å². The predicted octanol–water partition coefficient (Wildman–Crippen LogP) is 2.38. The number of hydrogen-bond donors (Lipinski definition) is 2. The third-order valence-electron chi connectivity index (χ3n) is 3.37. The lowest BCUT2D eigenvalue weighted by Crippen LogP contribution is -2.25. The molecule has 0 saturated heterocycles. The van der Waals surface area contributed by atoms with E-state index in [4.69, 9.17) is 0 Å². The summed E-state index contributed by atoms with van der Waals surface area (Å²) in [5, 5.41) is 2.86. The number of para-hydroxylation sites is 1. The Morgan fingerprint density at radius 1 is 0.955 bits per heavy atom. The molecule has 0 atom stereocenters. The topological polar surface area (TPSA) is 75.3 Å². The van der Waals surface area contributed by atoms with Gasteiger partial charge in [-0.25, -0.2) is 8.42 Å². The lowest BCUT2D eigenvalue weighted by atomic mass is 10.2. The van der Waals surface area contributed by atoms with E-state index in [2.05, 4.69) is 10.0 Å². The van der Waals surface area contributed by atoms with Crippen LogP contribution >= 0.6 is 0 Å². The molecule has 2 aromatic carbocycles. The molecule has 0 bridgehead atoms. The Kier molecular flexibility index (Phi) is 3.85. The molecule has 1 aliphatic rings. The maximum Gasteiger partial charge on any atom is 0.261 e. The third kappa shape index (κ3) is 3.46. The molecule has 0 radical (unpaired) electrons. The smallest absolute Gasteiger partial charge is 0.261 e. The number of rotatable bonds is 5. The molecule has 1 amide bonds. The molecule has 114 valence electrons. The second-order valence-electron chi connectivity index (χ2n) is 5.24. The molecule has 5 nitrogen and oxygen atoms in total. The molecule has 0 unspecified atom stereocenters. The SMILES string of the molecule is O=C(NC1CC1)c1ccc(S(=O)(=O)Nc2ccccc2)cc1. The molecule has 22 heavy (non-hydrogen) atoms. The Bertz CT molecular complexity index is 767. The number of carbonyl (C=O) groups is 1. The summed E-state index contributed by atoms with van der Waals surface area (Å²) in [4.78, 5) is 12.0. The molecule has 1 fully saturated rings. The van der Waals surface area contributed by atoms with Gasteiger partial charge in [0.15, 0.2) is 0 Å². The zero-order valence-electron chi connectivity index (χ0n) is 11.8. The molecule has 3 rings (SSSR count). The van der Waals surface area contributed by atoms with Gasteiger partial charge in [0, 0.05) is 17.3 Å². The number of nitrogens with one attached hydrogen (secondary N) is 2. The van der Waals surface area contributed by atoms with Gasteiger partial charge in [0.05, 0.1) is 4.90 Å². The highest BCUT2D eigenvalue weighted by Gasteiger charge is 2.24. The number of hydrogen-bond acceptors (Lipinski definition) is 3. The van der Waals surface area contributed by atoms with Crippen LogP contribution in [0, 0.1) is 0 Å². The Hall–Kier alpha value is -2.34. The largest absolute Gasteiger partial charge is 0.349 e. The van der Waals surface area contributed by atoms with Crippen molar-refractivity contribution in [2.24, 2.45) is 0 Å².